The molecule has 0 saturated carbocycles. The van der Waals surface area contributed by atoms with E-state index in [1.165, 1.54) is 0 Å². The van der Waals surface area contributed by atoms with Gasteiger partial charge in [0.2, 0.25) is 0 Å². The molecule has 0 aliphatic carbocycles. The molecule has 0 aliphatic heterocycles. The van der Waals surface area contributed by atoms with Crippen molar-refractivity contribution in [2.75, 3.05) is 7.11 Å². The molecule has 0 aliphatic rings. The number of aryl methyl sites for hydroxylation is 1. The predicted molar refractivity (Wildman–Crippen MR) is 53.3 cm³/mol. The van der Waals surface area contributed by atoms with Crippen LogP contribution in [0.3, 0.4) is 0 Å². The zero-order valence-electron chi connectivity index (χ0n) is 8.80. The van der Waals surface area contributed by atoms with Gasteiger partial charge in [0.25, 0.3) is 0 Å². The van der Waals surface area contributed by atoms with Crippen molar-refractivity contribution in [3.63, 3.8) is 0 Å². The third-order valence-corrected chi connectivity index (χ3v) is 1.99. The topological polar surface area (TPSA) is 53.1 Å². The van der Waals surface area contributed by atoms with E-state index in [4.69, 9.17) is 9.26 Å². The standard InChI is InChI=1S/C10H13N3O2/c1-8-3-4-13(11-8)6-9-5-10(7-14-2)15-12-9/h3-5H,6-7H2,1-2H3. The fourth-order valence-electron chi connectivity index (χ4n) is 1.36. The Balaban J connectivity index is 2.04. The van der Waals surface area contributed by atoms with Crippen LogP contribution in [0.25, 0.3) is 0 Å². The van der Waals surface area contributed by atoms with Crippen molar-refractivity contribution < 1.29 is 9.26 Å². The molecule has 0 spiro atoms. The van der Waals surface area contributed by atoms with Gasteiger partial charge in [-0.1, -0.05) is 5.16 Å². The summed E-state index contributed by atoms with van der Waals surface area (Å²) in [7, 11) is 1.62. The summed E-state index contributed by atoms with van der Waals surface area (Å²) in [6.45, 7) is 3.03. The summed E-state index contributed by atoms with van der Waals surface area (Å²) in [4.78, 5) is 0. The summed E-state index contributed by atoms with van der Waals surface area (Å²) < 4.78 is 11.8. The average Bonchev–Trinajstić information content (AvgIpc) is 2.78. The Morgan fingerprint density at radius 1 is 1.53 bits per heavy atom. The molecule has 0 aromatic carbocycles. The van der Waals surface area contributed by atoms with Crippen LogP contribution in [0.5, 0.6) is 0 Å². The van der Waals surface area contributed by atoms with Gasteiger partial charge in [-0.2, -0.15) is 5.10 Å². The number of hydrogen-bond acceptors (Lipinski definition) is 4. The lowest BCUT2D eigenvalue weighted by molar-refractivity contribution is 0.155. The van der Waals surface area contributed by atoms with E-state index in [2.05, 4.69) is 10.3 Å². The fraction of sp³-hybridized carbons (Fsp3) is 0.400. The highest BCUT2D eigenvalue weighted by molar-refractivity contribution is 5.06. The fourth-order valence-corrected chi connectivity index (χ4v) is 1.36. The summed E-state index contributed by atoms with van der Waals surface area (Å²) in [5.41, 5.74) is 1.85. The summed E-state index contributed by atoms with van der Waals surface area (Å²) in [5, 5.41) is 8.19. The molecule has 0 amide bonds. The molecule has 5 nitrogen and oxygen atoms in total. The first-order valence-electron chi connectivity index (χ1n) is 4.71. The molecular weight excluding hydrogens is 194 g/mol. The quantitative estimate of drug-likeness (QED) is 0.759. The lowest BCUT2D eigenvalue weighted by Gasteiger charge is -1.94. The van der Waals surface area contributed by atoms with Crippen LogP contribution in [0, 0.1) is 6.92 Å². The highest BCUT2D eigenvalue weighted by Crippen LogP contribution is 2.06. The van der Waals surface area contributed by atoms with Gasteiger partial charge in [0.15, 0.2) is 5.76 Å². The molecular formula is C10H13N3O2. The first-order valence-corrected chi connectivity index (χ1v) is 4.71. The number of hydrogen-bond donors (Lipinski definition) is 0. The van der Waals surface area contributed by atoms with Gasteiger partial charge in [-0.05, 0) is 13.0 Å². The second kappa shape index (κ2) is 4.27. The molecule has 5 heteroatoms. The minimum atomic E-state index is 0.450. The normalized spacial score (nSPS) is 10.8. The van der Waals surface area contributed by atoms with Gasteiger partial charge < -0.3 is 9.26 Å². The zero-order valence-corrected chi connectivity index (χ0v) is 8.80. The molecule has 0 N–H and O–H groups in total. The number of nitrogens with zero attached hydrogens (tertiary/aromatic N) is 3. The van der Waals surface area contributed by atoms with Crippen LogP contribution in [-0.2, 0) is 17.9 Å². The third-order valence-electron chi connectivity index (χ3n) is 1.99. The van der Waals surface area contributed by atoms with Crippen molar-refractivity contribution in [1.29, 1.82) is 0 Å². The van der Waals surface area contributed by atoms with Gasteiger partial charge in [-0.25, -0.2) is 0 Å². The highest BCUT2D eigenvalue weighted by atomic mass is 16.5. The summed E-state index contributed by atoms with van der Waals surface area (Å²) >= 11 is 0. The lowest BCUT2D eigenvalue weighted by Crippen LogP contribution is -2.00. The molecule has 0 saturated heterocycles. The Bertz CT molecular complexity index is 433. The Morgan fingerprint density at radius 2 is 2.40 bits per heavy atom. The molecule has 0 radical (unpaired) electrons. The zero-order chi connectivity index (χ0) is 10.7. The van der Waals surface area contributed by atoms with Crippen molar-refractivity contribution in [2.45, 2.75) is 20.1 Å². The van der Waals surface area contributed by atoms with Crippen LogP contribution in [0.2, 0.25) is 0 Å². The summed E-state index contributed by atoms with van der Waals surface area (Å²) in [6.07, 6.45) is 1.92. The van der Waals surface area contributed by atoms with Crippen LogP contribution < -0.4 is 0 Å². The molecule has 0 atom stereocenters. The van der Waals surface area contributed by atoms with E-state index >= 15 is 0 Å². The Labute approximate surface area is 87.6 Å². The molecule has 2 heterocycles. The maximum atomic E-state index is 5.07. The largest absolute Gasteiger partial charge is 0.377 e. The van der Waals surface area contributed by atoms with E-state index in [-0.39, 0.29) is 0 Å². The van der Waals surface area contributed by atoms with Crippen molar-refractivity contribution in [1.82, 2.24) is 14.9 Å². The predicted octanol–water partition coefficient (Wildman–Crippen LogP) is 1.37. The molecule has 15 heavy (non-hydrogen) atoms. The molecule has 2 aromatic rings. The second-order valence-electron chi connectivity index (χ2n) is 3.37. The van der Waals surface area contributed by atoms with Crippen molar-refractivity contribution in [2.24, 2.45) is 0 Å². The SMILES string of the molecule is COCc1cc(Cn2ccc(C)n2)no1. The molecule has 0 bridgehead atoms. The first kappa shape index (κ1) is 9.92. The van der Waals surface area contributed by atoms with Gasteiger partial charge >= 0.3 is 0 Å². The van der Waals surface area contributed by atoms with Gasteiger partial charge in [-0.15, -0.1) is 0 Å². The number of ether oxygens (including phenoxy) is 1. The Kier molecular flexibility index (Phi) is 2.82. The molecule has 0 unspecified atom stereocenters. The average molecular weight is 207 g/mol. The van der Waals surface area contributed by atoms with Gasteiger partial charge in [0.05, 0.1) is 12.2 Å². The maximum Gasteiger partial charge on any atom is 0.162 e. The Morgan fingerprint density at radius 3 is 3.07 bits per heavy atom. The van der Waals surface area contributed by atoms with Crippen molar-refractivity contribution in [3.8, 4) is 0 Å². The molecule has 80 valence electrons. The monoisotopic (exact) mass is 207 g/mol. The van der Waals surface area contributed by atoms with Crippen LogP contribution >= 0.6 is 0 Å². The minimum absolute atomic E-state index is 0.450. The summed E-state index contributed by atoms with van der Waals surface area (Å²) in [6, 6.07) is 3.83. The number of aromatic nitrogens is 3. The molecule has 2 aromatic heterocycles. The van der Waals surface area contributed by atoms with Gasteiger partial charge in [-0.3, -0.25) is 4.68 Å². The molecule has 0 fully saturated rings. The summed E-state index contributed by atoms with van der Waals surface area (Å²) in [5.74, 6) is 0.733. The second-order valence-corrected chi connectivity index (χ2v) is 3.37. The van der Waals surface area contributed by atoms with Gasteiger partial charge in [0.1, 0.15) is 12.3 Å². The smallest absolute Gasteiger partial charge is 0.162 e. The lowest BCUT2D eigenvalue weighted by atomic mass is 10.4. The van der Waals surface area contributed by atoms with E-state index in [1.54, 1.807) is 7.11 Å². The van der Waals surface area contributed by atoms with Crippen molar-refractivity contribution >= 4 is 0 Å². The van der Waals surface area contributed by atoms with Crippen LogP contribution in [-0.4, -0.2) is 22.0 Å². The Hall–Kier alpha value is -1.62. The van der Waals surface area contributed by atoms with E-state index < -0.39 is 0 Å². The minimum Gasteiger partial charge on any atom is -0.377 e. The van der Waals surface area contributed by atoms with E-state index in [0.29, 0.717) is 13.2 Å². The van der Waals surface area contributed by atoms with E-state index in [1.807, 2.05) is 29.9 Å². The van der Waals surface area contributed by atoms with Crippen LogP contribution in [0.4, 0.5) is 0 Å². The van der Waals surface area contributed by atoms with Crippen LogP contribution in [0.15, 0.2) is 22.9 Å². The van der Waals surface area contributed by atoms with E-state index in [0.717, 1.165) is 17.1 Å². The van der Waals surface area contributed by atoms with E-state index in [9.17, 15) is 0 Å². The van der Waals surface area contributed by atoms with Crippen LogP contribution in [0.1, 0.15) is 17.1 Å². The number of rotatable bonds is 4. The van der Waals surface area contributed by atoms with Crippen molar-refractivity contribution in [3.05, 3.63) is 35.5 Å². The maximum absolute atomic E-state index is 5.07. The van der Waals surface area contributed by atoms with Gasteiger partial charge in [0, 0.05) is 19.4 Å². The first-order chi connectivity index (χ1) is 7.28. The molecule has 2 rings (SSSR count). The third kappa shape index (κ3) is 2.44. The number of methoxy groups -OCH3 is 1. The highest BCUT2D eigenvalue weighted by Gasteiger charge is 2.04.